The van der Waals surface area contributed by atoms with Gasteiger partial charge in [-0.05, 0) is 18.8 Å². The van der Waals surface area contributed by atoms with E-state index in [1.54, 1.807) is 0 Å². The molecule has 0 spiro atoms. The monoisotopic (exact) mass is 424 g/mol. The molecule has 0 amide bonds. The third kappa shape index (κ3) is 6.20. The van der Waals surface area contributed by atoms with Crippen molar-refractivity contribution in [3.05, 3.63) is 0 Å². The molecule has 2 rings (SSSR count). The summed E-state index contributed by atoms with van der Waals surface area (Å²) >= 11 is 0. The second-order valence-corrected chi connectivity index (χ2v) is 6.56. The predicted molar refractivity (Wildman–Crippen MR) is 103 cm³/mol. The molecule has 1 unspecified atom stereocenters. The van der Waals surface area contributed by atoms with Crippen LogP contribution in [0.2, 0.25) is 0 Å². The number of ether oxygens (including phenoxy) is 1. The zero-order chi connectivity index (χ0) is 15.1. The van der Waals surface area contributed by atoms with E-state index in [4.69, 9.17) is 15.5 Å². The van der Waals surface area contributed by atoms with Crippen LogP contribution in [-0.4, -0.2) is 67.7 Å². The number of guanidine groups is 1. The number of aliphatic imine (C=N–C) groups is 1. The highest BCUT2D eigenvalue weighted by molar-refractivity contribution is 14.0. The number of nitrogens with two attached hydrogens (primary N) is 1. The van der Waals surface area contributed by atoms with Crippen molar-refractivity contribution in [2.45, 2.75) is 45.6 Å². The highest BCUT2D eigenvalue weighted by atomic mass is 127. The standard InChI is InChI=1S/C16H32N4O.HI/c1-14(2)15(19-9-11-21-12-10-19)13-18-16(17)20-7-5-3-4-6-8-20;/h14-15H,3-13H2,1-2H3,(H2,17,18);1H. The van der Waals surface area contributed by atoms with Crippen LogP contribution in [0.1, 0.15) is 39.5 Å². The number of nitrogens with zero attached hydrogens (tertiary/aromatic N) is 3. The SMILES string of the molecule is CC(C)C(CN=C(N)N1CCCCCC1)N1CCOCC1.I. The molecule has 2 aliphatic heterocycles. The molecule has 0 saturated carbocycles. The van der Waals surface area contributed by atoms with Crippen LogP contribution in [0.3, 0.4) is 0 Å². The summed E-state index contributed by atoms with van der Waals surface area (Å²) in [6, 6.07) is 0.472. The van der Waals surface area contributed by atoms with E-state index in [0.29, 0.717) is 12.0 Å². The molecule has 0 radical (unpaired) electrons. The van der Waals surface area contributed by atoms with Gasteiger partial charge in [-0.3, -0.25) is 9.89 Å². The van der Waals surface area contributed by atoms with Gasteiger partial charge in [-0.25, -0.2) is 0 Å². The van der Waals surface area contributed by atoms with E-state index in [2.05, 4.69) is 23.6 Å². The quantitative estimate of drug-likeness (QED) is 0.427. The fraction of sp³-hybridized carbons (Fsp3) is 0.938. The maximum atomic E-state index is 6.23. The Morgan fingerprint density at radius 3 is 2.18 bits per heavy atom. The van der Waals surface area contributed by atoms with E-state index in [0.717, 1.165) is 51.9 Å². The van der Waals surface area contributed by atoms with Gasteiger partial charge in [0.2, 0.25) is 0 Å². The lowest BCUT2D eigenvalue weighted by Crippen LogP contribution is -2.48. The van der Waals surface area contributed by atoms with Gasteiger partial charge in [0.15, 0.2) is 5.96 Å². The maximum absolute atomic E-state index is 6.23. The Kier molecular flexibility index (Phi) is 9.66. The van der Waals surface area contributed by atoms with Gasteiger partial charge >= 0.3 is 0 Å². The van der Waals surface area contributed by atoms with Crippen molar-refractivity contribution < 1.29 is 4.74 Å². The van der Waals surface area contributed by atoms with Crippen molar-refractivity contribution >= 4 is 29.9 Å². The largest absolute Gasteiger partial charge is 0.379 e. The zero-order valence-electron chi connectivity index (χ0n) is 14.2. The lowest BCUT2D eigenvalue weighted by atomic mass is 10.0. The van der Waals surface area contributed by atoms with Gasteiger partial charge < -0.3 is 15.4 Å². The van der Waals surface area contributed by atoms with E-state index < -0.39 is 0 Å². The minimum atomic E-state index is 0. The minimum absolute atomic E-state index is 0. The topological polar surface area (TPSA) is 54.1 Å². The van der Waals surface area contributed by atoms with Crippen LogP contribution in [0, 0.1) is 5.92 Å². The Morgan fingerprint density at radius 1 is 1.05 bits per heavy atom. The van der Waals surface area contributed by atoms with Crippen molar-refractivity contribution in [2.75, 3.05) is 45.9 Å². The molecule has 6 heteroatoms. The Bertz CT molecular complexity index is 324. The van der Waals surface area contributed by atoms with Crippen molar-refractivity contribution in [3.8, 4) is 0 Å². The zero-order valence-corrected chi connectivity index (χ0v) is 16.5. The number of morpholine rings is 1. The van der Waals surface area contributed by atoms with Gasteiger partial charge in [0.1, 0.15) is 0 Å². The van der Waals surface area contributed by atoms with Gasteiger partial charge in [-0.1, -0.05) is 26.7 Å². The molecule has 0 aliphatic carbocycles. The van der Waals surface area contributed by atoms with Crippen molar-refractivity contribution in [1.82, 2.24) is 9.80 Å². The molecule has 1 atom stereocenters. The van der Waals surface area contributed by atoms with Crippen molar-refractivity contribution in [2.24, 2.45) is 16.6 Å². The highest BCUT2D eigenvalue weighted by Crippen LogP contribution is 2.14. The molecule has 5 nitrogen and oxygen atoms in total. The molecule has 0 bridgehead atoms. The summed E-state index contributed by atoms with van der Waals surface area (Å²) in [7, 11) is 0. The van der Waals surface area contributed by atoms with Gasteiger partial charge in [0.25, 0.3) is 0 Å². The fourth-order valence-corrected chi connectivity index (χ4v) is 3.24. The van der Waals surface area contributed by atoms with Gasteiger partial charge in [0, 0.05) is 32.2 Å². The number of halogens is 1. The summed E-state index contributed by atoms with van der Waals surface area (Å²) in [4.78, 5) is 9.50. The van der Waals surface area contributed by atoms with Gasteiger partial charge in [0.05, 0.1) is 19.8 Å². The summed E-state index contributed by atoms with van der Waals surface area (Å²) in [5.74, 6) is 1.33. The molecule has 0 aromatic carbocycles. The van der Waals surface area contributed by atoms with E-state index in [9.17, 15) is 0 Å². The van der Waals surface area contributed by atoms with E-state index in [-0.39, 0.29) is 24.0 Å². The predicted octanol–water partition coefficient (Wildman–Crippen LogP) is 2.15. The molecule has 2 N–H and O–H groups in total. The summed E-state index contributed by atoms with van der Waals surface area (Å²) in [6.45, 7) is 11.2. The first-order chi connectivity index (χ1) is 10.2. The summed E-state index contributed by atoms with van der Waals surface area (Å²) in [5.41, 5.74) is 6.23. The average Bonchev–Trinajstić information content (AvgIpc) is 2.77. The van der Waals surface area contributed by atoms with Crippen LogP contribution in [-0.2, 0) is 4.74 Å². The lowest BCUT2D eigenvalue weighted by Gasteiger charge is -2.36. The summed E-state index contributed by atoms with van der Waals surface area (Å²) < 4.78 is 5.45. The Morgan fingerprint density at radius 2 is 1.64 bits per heavy atom. The number of rotatable bonds is 4. The molecule has 2 fully saturated rings. The van der Waals surface area contributed by atoms with Crippen LogP contribution < -0.4 is 5.73 Å². The molecule has 2 aliphatic rings. The Labute approximate surface area is 152 Å². The first-order valence-corrected chi connectivity index (χ1v) is 8.55. The first kappa shape index (κ1) is 20.0. The van der Waals surface area contributed by atoms with Crippen molar-refractivity contribution in [3.63, 3.8) is 0 Å². The van der Waals surface area contributed by atoms with E-state index in [1.165, 1.54) is 25.7 Å². The summed E-state index contributed by atoms with van der Waals surface area (Å²) in [6.07, 6.45) is 5.14. The number of hydrogen-bond acceptors (Lipinski definition) is 3. The van der Waals surface area contributed by atoms with E-state index in [1.807, 2.05) is 0 Å². The van der Waals surface area contributed by atoms with Gasteiger partial charge in [-0.2, -0.15) is 0 Å². The van der Waals surface area contributed by atoms with Crippen LogP contribution in [0.4, 0.5) is 0 Å². The molecule has 0 aromatic rings. The molecule has 22 heavy (non-hydrogen) atoms. The second kappa shape index (κ2) is 10.6. The molecular formula is C16H33IN4O. The molecule has 2 heterocycles. The fourth-order valence-electron chi connectivity index (χ4n) is 3.24. The highest BCUT2D eigenvalue weighted by Gasteiger charge is 2.23. The van der Waals surface area contributed by atoms with Crippen molar-refractivity contribution in [1.29, 1.82) is 0 Å². The van der Waals surface area contributed by atoms with Crippen LogP contribution in [0.15, 0.2) is 4.99 Å². The minimum Gasteiger partial charge on any atom is -0.379 e. The van der Waals surface area contributed by atoms with Crippen LogP contribution in [0.25, 0.3) is 0 Å². The lowest BCUT2D eigenvalue weighted by molar-refractivity contribution is 0.00864. The maximum Gasteiger partial charge on any atom is 0.191 e. The second-order valence-electron chi connectivity index (χ2n) is 6.56. The van der Waals surface area contributed by atoms with Crippen LogP contribution >= 0.6 is 24.0 Å². The van der Waals surface area contributed by atoms with Gasteiger partial charge in [-0.15, -0.1) is 24.0 Å². The Hall–Kier alpha value is -0.0800. The molecule has 130 valence electrons. The number of hydrogen-bond donors (Lipinski definition) is 1. The third-order valence-corrected chi connectivity index (χ3v) is 4.65. The average molecular weight is 424 g/mol. The smallest absolute Gasteiger partial charge is 0.191 e. The molecule has 0 aromatic heterocycles. The van der Waals surface area contributed by atoms with Crippen LogP contribution in [0.5, 0.6) is 0 Å². The first-order valence-electron chi connectivity index (χ1n) is 8.55. The summed E-state index contributed by atoms with van der Waals surface area (Å²) in [5, 5.41) is 0. The normalized spacial score (nSPS) is 23.0. The molecular weight excluding hydrogens is 391 g/mol. The number of likely N-dealkylation sites (tertiary alicyclic amines) is 1. The Balaban J connectivity index is 0.00000242. The van der Waals surface area contributed by atoms with E-state index >= 15 is 0 Å². The molecule has 2 saturated heterocycles. The third-order valence-electron chi connectivity index (χ3n) is 4.65.